The minimum absolute atomic E-state index is 0.203. The predicted octanol–water partition coefficient (Wildman–Crippen LogP) is 4.59. The summed E-state index contributed by atoms with van der Waals surface area (Å²) in [5.74, 6) is -0.0173. The van der Waals surface area contributed by atoms with E-state index in [2.05, 4.69) is 0 Å². The van der Waals surface area contributed by atoms with Gasteiger partial charge in [-0.3, -0.25) is 0 Å². The lowest BCUT2D eigenvalue weighted by molar-refractivity contribution is 0.0688. The number of aromatic hydroxyl groups is 1. The van der Waals surface area contributed by atoms with Crippen molar-refractivity contribution < 1.29 is 33.0 Å². The van der Waals surface area contributed by atoms with Crippen LogP contribution in [0.5, 0.6) is 11.5 Å². The highest BCUT2D eigenvalue weighted by Gasteiger charge is 2.39. The summed E-state index contributed by atoms with van der Waals surface area (Å²) in [5, 5.41) is 17.8. The van der Waals surface area contributed by atoms with Crippen LogP contribution in [0, 0.1) is 0 Å². The first-order chi connectivity index (χ1) is 14.5. The summed E-state index contributed by atoms with van der Waals surface area (Å²) in [6.45, 7) is 8.12. The largest absolute Gasteiger partial charge is 0.508 e. The van der Waals surface area contributed by atoms with Crippen molar-refractivity contribution in [2.45, 2.75) is 33.2 Å². The Morgan fingerprint density at radius 2 is 1.50 bits per heavy atom. The van der Waals surface area contributed by atoms with Crippen LogP contribution >= 0.6 is 0 Å². The van der Waals surface area contributed by atoms with Gasteiger partial charge in [-0.05, 0) is 51.5 Å². The van der Waals surface area contributed by atoms with Crippen LogP contribution in [0.2, 0.25) is 6.04 Å². The molecule has 0 atom stereocenters. The van der Waals surface area contributed by atoms with E-state index in [9.17, 15) is 9.90 Å². The van der Waals surface area contributed by atoms with Crippen molar-refractivity contribution in [2.24, 2.45) is 0 Å². The molecule has 0 saturated carbocycles. The molecule has 0 heterocycles. The third-order valence-corrected chi connectivity index (χ3v) is 6.98. The molecule has 8 heteroatoms. The number of rotatable bonds is 12. The van der Waals surface area contributed by atoms with Crippen molar-refractivity contribution in [1.29, 1.82) is 0 Å². The fourth-order valence-electron chi connectivity index (χ4n) is 2.63. The molecule has 2 aromatic rings. The summed E-state index contributed by atoms with van der Waals surface area (Å²) in [6, 6.07) is 15.8. The van der Waals surface area contributed by atoms with Gasteiger partial charge in [-0.25, -0.2) is 4.79 Å². The minimum atomic E-state index is -2.57. The number of hydrogen-bond donors (Lipinski definition) is 2. The van der Waals surface area contributed by atoms with Gasteiger partial charge < -0.3 is 28.2 Å². The first-order valence-corrected chi connectivity index (χ1v) is 12.0. The lowest BCUT2D eigenvalue weighted by Gasteiger charge is -2.28. The third kappa shape index (κ3) is 9.88. The van der Waals surface area contributed by atoms with Crippen LogP contribution in [-0.4, -0.2) is 51.4 Å². The second kappa shape index (κ2) is 14.6. The van der Waals surface area contributed by atoms with Gasteiger partial charge >= 0.3 is 14.8 Å². The molecule has 0 aliphatic heterocycles. The van der Waals surface area contributed by atoms with Gasteiger partial charge in [0.1, 0.15) is 11.5 Å². The zero-order chi connectivity index (χ0) is 22.2. The van der Waals surface area contributed by atoms with E-state index in [1.165, 1.54) is 0 Å². The average molecular weight is 437 g/mol. The van der Waals surface area contributed by atoms with Crippen LogP contribution in [-0.2, 0) is 13.3 Å². The zero-order valence-electron chi connectivity index (χ0n) is 17.9. The van der Waals surface area contributed by atoms with E-state index in [1.807, 2.05) is 26.8 Å². The standard InChI is InChI=1S/C15H26O5Si.C7H6O2/c1-4-18-21(19-5-2,20-6-3)12-8-11-17-15-10-7-9-14(16)13-15;8-7(9)6-4-2-1-3-5-6/h7,9-10,13,16H,4-6,8,11-12H2,1-3H3;1-5H,(H,8,9). The van der Waals surface area contributed by atoms with Gasteiger partial charge in [-0.2, -0.15) is 0 Å². The highest BCUT2D eigenvalue weighted by atomic mass is 28.4. The Morgan fingerprint density at radius 1 is 0.900 bits per heavy atom. The molecule has 0 radical (unpaired) electrons. The summed E-state index contributed by atoms with van der Waals surface area (Å²) in [5.41, 5.74) is 0.331. The highest BCUT2D eigenvalue weighted by Crippen LogP contribution is 2.20. The van der Waals surface area contributed by atoms with E-state index >= 15 is 0 Å². The number of benzene rings is 2. The number of carboxylic acids is 1. The summed E-state index contributed by atoms with van der Waals surface area (Å²) < 4.78 is 23.0. The van der Waals surface area contributed by atoms with Crippen molar-refractivity contribution in [2.75, 3.05) is 26.4 Å². The van der Waals surface area contributed by atoms with Crippen LogP contribution in [0.1, 0.15) is 37.6 Å². The van der Waals surface area contributed by atoms with Crippen molar-refractivity contribution in [3.8, 4) is 11.5 Å². The quantitative estimate of drug-likeness (QED) is 0.371. The van der Waals surface area contributed by atoms with Gasteiger partial charge in [0.25, 0.3) is 0 Å². The number of phenolic OH excluding ortho intramolecular Hbond substituents is 1. The Kier molecular flexibility index (Phi) is 12.5. The minimum Gasteiger partial charge on any atom is -0.508 e. The molecule has 2 aromatic carbocycles. The Balaban J connectivity index is 0.000000414. The number of carbonyl (C=O) groups is 1. The Hall–Kier alpha value is -2.39. The maximum atomic E-state index is 10.2. The summed E-state index contributed by atoms with van der Waals surface area (Å²) in [4.78, 5) is 10.2. The Morgan fingerprint density at radius 3 is 1.97 bits per heavy atom. The van der Waals surface area contributed by atoms with Crippen LogP contribution in [0.25, 0.3) is 0 Å². The molecule has 2 rings (SSSR count). The number of aromatic carboxylic acids is 1. The van der Waals surface area contributed by atoms with Gasteiger partial charge in [0, 0.05) is 31.9 Å². The lowest BCUT2D eigenvalue weighted by atomic mass is 10.2. The number of carboxylic acid groups (broad SMARTS) is 1. The van der Waals surface area contributed by atoms with Gasteiger partial charge in [-0.15, -0.1) is 0 Å². The topological polar surface area (TPSA) is 94.5 Å². The first-order valence-electron chi connectivity index (χ1n) is 10.1. The smallest absolute Gasteiger partial charge is 0.501 e. The molecule has 0 fully saturated rings. The SMILES string of the molecule is CCO[Si](CCCOc1cccc(O)c1)(OCC)OCC.O=C(O)c1ccccc1. The van der Waals surface area contributed by atoms with Crippen LogP contribution in [0.4, 0.5) is 0 Å². The van der Waals surface area contributed by atoms with Crippen LogP contribution in [0.3, 0.4) is 0 Å². The van der Waals surface area contributed by atoms with E-state index in [4.69, 9.17) is 23.1 Å². The Bertz CT molecular complexity index is 707. The van der Waals surface area contributed by atoms with Crippen molar-refractivity contribution >= 4 is 14.8 Å². The van der Waals surface area contributed by atoms with Gasteiger partial charge in [-0.1, -0.05) is 24.3 Å². The fraction of sp³-hybridized carbons (Fsp3) is 0.409. The van der Waals surface area contributed by atoms with E-state index in [0.717, 1.165) is 12.5 Å². The number of hydrogen-bond acceptors (Lipinski definition) is 6. The fourth-order valence-corrected chi connectivity index (χ4v) is 5.21. The second-order valence-electron chi connectivity index (χ2n) is 6.10. The third-order valence-electron chi connectivity index (χ3n) is 3.83. The molecule has 0 aromatic heterocycles. The van der Waals surface area contributed by atoms with Crippen molar-refractivity contribution in [1.82, 2.24) is 0 Å². The normalized spacial score (nSPS) is 10.8. The van der Waals surface area contributed by atoms with Gasteiger partial charge in [0.05, 0.1) is 12.2 Å². The van der Waals surface area contributed by atoms with Crippen LogP contribution < -0.4 is 4.74 Å². The molecule has 7 nitrogen and oxygen atoms in total. The van der Waals surface area contributed by atoms with Crippen molar-refractivity contribution in [3.05, 3.63) is 60.2 Å². The molecule has 0 unspecified atom stereocenters. The monoisotopic (exact) mass is 436 g/mol. The lowest BCUT2D eigenvalue weighted by Crippen LogP contribution is -2.46. The first kappa shape index (κ1) is 25.6. The van der Waals surface area contributed by atoms with Gasteiger partial charge in [0.15, 0.2) is 0 Å². The van der Waals surface area contributed by atoms with E-state index in [0.29, 0.717) is 37.7 Å². The molecule has 166 valence electrons. The molecule has 0 spiro atoms. The highest BCUT2D eigenvalue weighted by molar-refractivity contribution is 6.60. The number of ether oxygens (including phenoxy) is 1. The van der Waals surface area contributed by atoms with E-state index in [1.54, 1.807) is 48.5 Å². The van der Waals surface area contributed by atoms with Crippen molar-refractivity contribution in [3.63, 3.8) is 0 Å². The molecule has 0 aliphatic carbocycles. The number of phenols is 1. The Labute approximate surface area is 179 Å². The van der Waals surface area contributed by atoms with E-state index in [-0.39, 0.29) is 5.75 Å². The molecule has 0 saturated heterocycles. The summed E-state index contributed by atoms with van der Waals surface area (Å²) in [7, 11) is -2.57. The molecule has 2 N–H and O–H groups in total. The van der Waals surface area contributed by atoms with Gasteiger partial charge in [0.2, 0.25) is 0 Å². The van der Waals surface area contributed by atoms with E-state index < -0.39 is 14.8 Å². The average Bonchev–Trinajstić information content (AvgIpc) is 2.73. The predicted molar refractivity (Wildman–Crippen MR) is 117 cm³/mol. The molecular formula is C22H32O7Si. The maximum absolute atomic E-state index is 10.2. The second-order valence-corrected chi connectivity index (χ2v) is 8.83. The zero-order valence-corrected chi connectivity index (χ0v) is 18.9. The van der Waals surface area contributed by atoms with Crippen LogP contribution in [0.15, 0.2) is 54.6 Å². The summed E-state index contributed by atoms with van der Waals surface area (Å²) >= 11 is 0. The molecule has 0 amide bonds. The molecule has 0 aliphatic rings. The summed E-state index contributed by atoms with van der Waals surface area (Å²) in [6.07, 6.45) is 0.780. The molecule has 30 heavy (non-hydrogen) atoms. The molecule has 0 bridgehead atoms. The molecular weight excluding hydrogens is 404 g/mol. The maximum Gasteiger partial charge on any atom is 0.501 e.